The molecule has 4 aromatic rings. The number of aromatic nitrogens is 5. The van der Waals surface area contributed by atoms with Gasteiger partial charge in [-0.1, -0.05) is 61.5 Å². The molecule has 5 rings (SSSR count). The fraction of sp³-hybridized carbons (Fsp3) is 0.500. The highest BCUT2D eigenvalue weighted by molar-refractivity contribution is 7.53. The molecule has 1 aliphatic rings. The number of ether oxygens (including phenoxy) is 2. The zero-order valence-electron chi connectivity index (χ0n) is 33.6. The standard InChI is InChI=1S/C40H54N7O10P/c1-5-21-54-23-20-47-38-30-12-8-7-11-29(30)27-46(32-14-10-9-13-31(32)37(38)43-44-47)36(50)16-15-35(49)41-18-22-55-24-25-56-58(4,53)57-34(33(48)6-2)17-19-45-26-28(3)39(51)42-40(45)52/h7-14,26,33-34,48H,5-6,15-25,27H2,1-4H3,(H,41,49)(H,42,51,52)/t33-,34-,58?/m1/s1. The van der Waals surface area contributed by atoms with E-state index in [-0.39, 0.29) is 64.0 Å². The average molecular weight is 824 g/mol. The minimum Gasteiger partial charge on any atom is -0.390 e. The third-order valence-electron chi connectivity index (χ3n) is 9.59. The summed E-state index contributed by atoms with van der Waals surface area (Å²) < 4.78 is 38.7. The number of aromatic amines is 1. The second kappa shape index (κ2) is 21.3. The molecule has 314 valence electrons. The lowest BCUT2D eigenvalue weighted by atomic mass is 9.95. The maximum Gasteiger partial charge on any atom is 0.328 e. The lowest BCUT2D eigenvalue weighted by molar-refractivity contribution is -0.125. The molecule has 17 nitrogen and oxygen atoms in total. The van der Waals surface area contributed by atoms with Crippen LogP contribution in [0.5, 0.6) is 0 Å². The van der Waals surface area contributed by atoms with Gasteiger partial charge in [-0.05, 0) is 37.8 Å². The van der Waals surface area contributed by atoms with Crippen LogP contribution in [0.4, 0.5) is 5.69 Å². The maximum atomic E-state index is 13.8. The maximum absolute atomic E-state index is 13.8. The summed E-state index contributed by atoms with van der Waals surface area (Å²) in [6, 6.07) is 15.5. The number of aliphatic hydroxyl groups excluding tert-OH is 1. The molecule has 2 aromatic carbocycles. The van der Waals surface area contributed by atoms with E-state index in [1.54, 1.807) is 18.7 Å². The Labute approximate surface area is 337 Å². The lowest BCUT2D eigenvalue weighted by Crippen LogP contribution is -2.34. The minimum atomic E-state index is -3.64. The van der Waals surface area contributed by atoms with Crippen molar-refractivity contribution in [2.24, 2.45) is 0 Å². The van der Waals surface area contributed by atoms with E-state index in [4.69, 9.17) is 18.5 Å². The largest absolute Gasteiger partial charge is 0.390 e. The number of aryl methyl sites for hydroxylation is 2. The summed E-state index contributed by atoms with van der Waals surface area (Å²) in [6.45, 7) is 9.10. The number of amides is 2. The summed E-state index contributed by atoms with van der Waals surface area (Å²) in [7, 11) is -3.64. The van der Waals surface area contributed by atoms with Gasteiger partial charge in [0.1, 0.15) is 5.69 Å². The van der Waals surface area contributed by atoms with E-state index in [9.17, 15) is 28.8 Å². The molecular formula is C40H54N7O10P. The molecule has 58 heavy (non-hydrogen) atoms. The SMILES string of the molecule is CCCOCCn1nnc2c1-c1ccccc1CN(C(=O)CCC(=O)NCCOCCOP(C)(=O)O[C@H](CCn1cc(C)c(=O)[nH]c1=O)[C@H](O)CC)c1ccccc1-2. The zero-order chi connectivity index (χ0) is 41.7. The Balaban J connectivity index is 1.08. The van der Waals surface area contributed by atoms with Crippen LogP contribution < -0.4 is 21.5 Å². The van der Waals surface area contributed by atoms with E-state index in [1.165, 1.54) is 17.4 Å². The molecule has 2 aromatic heterocycles. The van der Waals surface area contributed by atoms with Crippen molar-refractivity contribution in [2.45, 2.75) is 84.7 Å². The van der Waals surface area contributed by atoms with Crippen LogP contribution in [0.15, 0.2) is 64.3 Å². The van der Waals surface area contributed by atoms with Gasteiger partial charge in [0, 0.05) is 62.1 Å². The second-order valence-corrected chi connectivity index (χ2v) is 16.0. The minimum absolute atomic E-state index is 0.0217. The van der Waals surface area contributed by atoms with E-state index >= 15 is 0 Å². The van der Waals surface area contributed by atoms with Crippen molar-refractivity contribution in [3.8, 4) is 22.5 Å². The van der Waals surface area contributed by atoms with E-state index in [1.807, 2.05) is 53.2 Å². The molecule has 1 aliphatic heterocycles. The number of H-pyrrole nitrogens is 1. The van der Waals surface area contributed by atoms with Crippen molar-refractivity contribution in [1.29, 1.82) is 0 Å². The molecule has 3 atom stereocenters. The molecule has 0 spiro atoms. The van der Waals surface area contributed by atoms with Crippen LogP contribution in [-0.2, 0) is 52.3 Å². The molecule has 0 bridgehead atoms. The summed E-state index contributed by atoms with van der Waals surface area (Å²) in [4.78, 5) is 54.4. The number of para-hydroxylation sites is 1. The average Bonchev–Trinajstić information content (AvgIpc) is 3.62. The quantitative estimate of drug-likeness (QED) is 0.0758. The molecule has 18 heteroatoms. The van der Waals surface area contributed by atoms with Crippen molar-refractivity contribution < 1.29 is 37.8 Å². The molecular weight excluding hydrogens is 769 g/mol. The molecule has 0 radical (unpaired) electrons. The fourth-order valence-electron chi connectivity index (χ4n) is 6.57. The van der Waals surface area contributed by atoms with Crippen LogP contribution in [0.3, 0.4) is 0 Å². The van der Waals surface area contributed by atoms with Gasteiger partial charge in [-0.15, -0.1) is 5.10 Å². The number of hydrogen-bond acceptors (Lipinski definition) is 12. The highest BCUT2D eigenvalue weighted by atomic mass is 31.2. The highest BCUT2D eigenvalue weighted by Crippen LogP contribution is 2.46. The summed E-state index contributed by atoms with van der Waals surface area (Å²) in [5.74, 6) is -0.523. The van der Waals surface area contributed by atoms with Crippen molar-refractivity contribution in [3.63, 3.8) is 0 Å². The monoisotopic (exact) mass is 823 g/mol. The summed E-state index contributed by atoms with van der Waals surface area (Å²) >= 11 is 0. The third kappa shape index (κ3) is 11.9. The van der Waals surface area contributed by atoms with E-state index in [2.05, 4.69) is 27.5 Å². The second-order valence-electron chi connectivity index (χ2n) is 14.0. The zero-order valence-corrected chi connectivity index (χ0v) is 34.4. The van der Waals surface area contributed by atoms with Gasteiger partial charge in [-0.2, -0.15) is 0 Å². The number of carbonyl (C=O) groups excluding carboxylic acids is 2. The first-order valence-corrected chi connectivity index (χ1v) is 21.6. The molecule has 0 aliphatic carbocycles. The van der Waals surface area contributed by atoms with Crippen LogP contribution in [0.25, 0.3) is 22.5 Å². The molecule has 0 fully saturated rings. The molecule has 0 saturated carbocycles. The summed E-state index contributed by atoms with van der Waals surface area (Å²) in [5.41, 5.74) is 4.13. The smallest absolute Gasteiger partial charge is 0.328 e. The van der Waals surface area contributed by atoms with Crippen molar-refractivity contribution >= 4 is 25.1 Å². The number of nitrogens with zero attached hydrogens (tertiary/aromatic N) is 5. The Kier molecular flexibility index (Phi) is 16.3. The van der Waals surface area contributed by atoms with Crippen LogP contribution in [0.1, 0.15) is 57.1 Å². The predicted octanol–water partition coefficient (Wildman–Crippen LogP) is 4.04. The number of hydrogen-bond donors (Lipinski definition) is 3. The first kappa shape index (κ1) is 44.3. The van der Waals surface area contributed by atoms with Gasteiger partial charge in [0.15, 0.2) is 0 Å². The van der Waals surface area contributed by atoms with Crippen molar-refractivity contribution in [3.05, 3.63) is 86.7 Å². The Morgan fingerprint density at radius 1 is 0.966 bits per heavy atom. The Hall–Kier alpha value is -4.77. The van der Waals surface area contributed by atoms with Gasteiger partial charge in [-0.3, -0.25) is 23.9 Å². The van der Waals surface area contributed by atoms with E-state index < -0.39 is 31.1 Å². The van der Waals surface area contributed by atoms with Gasteiger partial charge < -0.3 is 38.4 Å². The van der Waals surface area contributed by atoms with Crippen molar-refractivity contribution in [1.82, 2.24) is 29.9 Å². The number of benzene rings is 2. The van der Waals surface area contributed by atoms with Gasteiger partial charge >= 0.3 is 13.3 Å². The van der Waals surface area contributed by atoms with Crippen molar-refractivity contribution in [2.75, 3.05) is 51.1 Å². The Morgan fingerprint density at radius 3 is 2.48 bits per heavy atom. The molecule has 3 heterocycles. The summed E-state index contributed by atoms with van der Waals surface area (Å²) in [5, 5.41) is 22.3. The number of rotatable bonds is 22. The first-order valence-electron chi connectivity index (χ1n) is 19.6. The Bertz CT molecular complexity index is 2170. The number of anilines is 1. The molecule has 3 N–H and O–H groups in total. The van der Waals surface area contributed by atoms with Crippen LogP contribution in [0.2, 0.25) is 0 Å². The van der Waals surface area contributed by atoms with Crippen LogP contribution >= 0.6 is 7.60 Å². The van der Waals surface area contributed by atoms with E-state index in [0.717, 1.165) is 28.8 Å². The highest BCUT2D eigenvalue weighted by Gasteiger charge is 2.30. The topological polar surface area (TPSA) is 209 Å². The molecule has 2 amide bonds. The fourth-order valence-corrected chi connectivity index (χ4v) is 7.77. The van der Waals surface area contributed by atoms with Gasteiger partial charge in [0.2, 0.25) is 11.8 Å². The van der Waals surface area contributed by atoms with E-state index in [0.29, 0.717) is 49.7 Å². The number of carbonyl (C=O) groups is 2. The normalized spacial score (nSPS) is 14.3. The summed E-state index contributed by atoms with van der Waals surface area (Å²) in [6.07, 6.45) is 0.892. The first-order chi connectivity index (χ1) is 27.9. The Morgan fingerprint density at radius 2 is 1.71 bits per heavy atom. The number of aliphatic hydroxyl groups is 1. The number of nitrogens with one attached hydrogen (secondary N) is 2. The van der Waals surface area contributed by atoms with Gasteiger partial charge in [-0.25, -0.2) is 9.48 Å². The van der Waals surface area contributed by atoms with Crippen LogP contribution in [0, 0.1) is 6.92 Å². The predicted molar refractivity (Wildman–Crippen MR) is 218 cm³/mol. The molecule has 1 unspecified atom stereocenters. The van der Waals surface area contributed by atoms with Gasteiger partial charge in [0.25, 0.3) is 5.56 Å². The lowest BCUT2D eigenvalue weighted by Gasteiger charge is -2.28. The molecule has 0 saturated heterocycles. The van der Waals surface area contributed by atoms with Crippen LogP contribution in [-0.4, -0.2) is 99.9 Å². The third-order valence-corrected chi connectivity index (χ3v) is 10.9. The number of fused-ring (bicyclic) bond motifs is 5. The van der Waals surface area contributed by atoms with Gasteiger partial charge in [0.05, 0.1) is 63.1 Å².